The van der Waals surface area contributed by atoms with Crippen LogP contribution in [0.1, 0.15) is 37.8 Å². The second kappa shape index (κ2) is 6.09. The molecule has 0 saturated heterocycles. The summed E-state index contributed by atoms with van der Waals surface area (Å²) in [5.74, 6) is 0.357. The standard InChI is InChI=1S/C17H20O5S/c1-17(2)14(13-7-5-12(6-8-13)10-23(19)20)15(16(18)22-17)21-9-11-3-4-11/h5-8,11H,3-4,9-10H2,1-2H3,(H,19,20)/p-1. The minimum Gasteiger partial charge on any atom is -0.772 e. The van der Waals surface area contributed by atoms with E-state index in [1.807, 2.05) is 26.0 Å². The van der Waals surface area contributed by atoms with Gasteiger partial charge in [-0.3, -0.25) is 4.21 Å². The van der Waals surface area contributed by atoms with E-state index >= 15 is 0 Å². The van der Waals surface area contributed by atoms with Crippen molar-refractivity contribution in [1.29, 1.82) is 0 Å². The summed E-state index contributed by atoms with van der Waals surface area (Å²) in [5.41, 5.74) is 1.47. The van der Waals surface area contributed by atoms with Crippen LogP contribution in [-0.2, 0) is 31.1 Å². The first-order chi connectivity index (χ1) is 10.9. The zero-order valence-electron chi connectivity index (χ0n) is 13.2. The van der Waals surface area contributed by atoms with Gasteiger partial charge in [-0.15, -0.1) is 0 Å². The molecule has 0 amide bonds. The van der Waals surface area contributed by atoms with Crippen molar-refractivity contribution in [2.75, 3.05) is 6.61 Å². The first kappa shape index (κ1) is 16.2. The molecule has 1 atom stereocenters. The van der Waals surface area contributed by atoms with Crippen molar-refractivity contribution in [2.24, 2.45) is 5.92 Å². The van der Waals surface area contributed by atoms with Crippen LogP contribution in [-0.4, -0.2) is 26.9 Å². The van der Waals surface area contributed by atoms with E-state index in [0.29, 0.717) is 18.1 Å². The zero-order chi connectivity index (χ0) is 16.6. The molecule has 0 radical (unpaired) electrons. The molecule has 23 heavy (non-hydrogen) atoms. The van der Waals surface area contributed by atoms with Gasteiger partial charge in [-0.05, 0) is 43.7 Å². The number of rotatable bonds is 6. The van der Waals surface area contributed by atoms with Crippen molar-refractivity contribution in [1.82, 2.24) is 0 Å². The van der Waals surface area contributed by atoms with E-state index in [1.165, 1.54) is 0 Å². The number of hydrogen-bond donors (Lipinski definition) is 0. The second-order valence-electron chi connectivity index (χ2n) is 6.50. The van der Waals surface area contributed by atoms with Crippen LogP contribution in [0, 0.1) is 5.92 Å². The lowest BCUT2D eigenvalue weighted by Crippen LogP contribution is -2.22. The third-order valence-electron chi connectivity index (χ3n) is 4.05. The Morgan fingerprint density at radius 1 is 1.30 bits per heavy atom. The van der Waals surface area contributed by atoms with E-state index in [9.17, 15) is 13.6 Å². The fourth-order valence-electron chi connectivity index (χ4n) is 2.70. The third kappa shape index (κ3) is 3.64. The topological polar surface area (TPSA) is 75.7 Å². The quantitative estimate of drug-likeness (QED) is 0.590. The SMILES string of the molecule is CC1(C)OC(=O)C(OCC2CC2)=C1c1ccc(CS(=O)[O-])cc1. The highest BCUT2D eigenvalue weighted by Crippen LogP contribution is 2.41. The van der Waals surface area contributed by atoms with Crippen LogP contribution in [0.15, 0.2) is 30.0 Å². The van der Waals surface area contributed by atoms with Crippen molar-refractivity contribution in [3.8, 4) is 0 Å². The minimum atomic E-state index is -2.12. The summed E-state index contributed by atoms with van der Waals surface area (Å²) >= 11 is -2.12. The van der Waals surface area contributed by atoms with Crippen LogP contribution in [0.25, 0.3) is 5.57 Å². The van der Waals surface area contributed by atoms with Crippen LogP contribution in [0.3, 0.4) is 0 Å². The van der Waals surface area contributed by atoms with Crippen LogP contribution in [0.4, 0.5) is 0 Å². The predicted octanol–water partition coefficient (Wildman–Crippen LogP) is 2.54. The van der Waals surface area contributed by atoms with Gasteiger partial charge in [0, 0.05) is 5.75 Å². The molecule has 1 fully saturated rings. The minimum absolute atomic E-state index is 0.0246. The number of esters is 1. The Labute approximate surface area is 138 Å². The first-order valence-corrected chi connectivity index (χ1v) is 8.87. The van der Waals surface area contributed by atoms with Crippen molar-refractivity contribution >= 4 is 22.6 Å². The largest absolute Gasteiger partial charge is 0.772 e. The summed E-state index contributed by atoms with van der Waals surface area (Å²) in [5, 5.41) is 0. The van der Waals surface area contributed by atoms with Gasteiger partial charge in [-0.1, -0.05) is 35.3 Å². The lowest BCUT2D eigenvalue weighted by molar-refractivity contribution is -0.147. The first-order valence-electron chi connectivity index (χ1n) is 7.63. The van der Waals surface area contributed by atoms with E-state index in [-0.39, 0.29) is 11.5 Å². The lowest BCUT2D eigenvalue weighted by Gasteiger charge is -2.21. The van der Waals surface area contributed by atoms with E-state index in [0.717, 1.165) is 24.0 Å². The maximum absolute atomic E-state index is 12.1. The Morgan fingerprint density at radius 2 is 1.96 bits per heavy atom. The Hall–Kier alpha value is -1.66. The maximum Gasteiger partial charge on any atom is 0.374 e. The van der Waals surface area contributed by atoms with Gasteiger partial charge in [0.25, 0.3) is 0 Å². The molecule has 0 aromatic heterocycles. The molecule has 124 valence electrons. The zero-order valence-corrected chi connectivity index (χ0v) is 14.0. The molecule has 0 spiro atoms. The second-order valence-corrected chi connectivity index (χ2v) is 7.40. The predicted molar refractivity (Wildman–Crippen MR) is 84.8 cm³/mol. The molecule has 1 saturated carbocycles. The third-order valence-corrected chi connectivity index (χ3v) is 4.62. The van der Waals surface area contributed by atoms with Gasteiger partial charge in [0.2, 0.25) is 5.76 Å². The summed E-state index contributed by atoms with van der Waals surface area (Å²) < 4.78 is 32.7. The number of carbonyl (C=O) groups excluding carboxylic acids is 1. The number of cyclic esters (lactones) is 1. The molecule has 1 aliphatic heterocycles. The van der Waals surface area contributed by atoms with Gasteiger partial charge >= 0.3 is 5.97 Å². The Balaban J connectivity index is 1.90. The fraction of sp³-hybridized carbons (Fsp3) is 0.471. The summed E-state index contributed by atoms with van der Waals surface area (Å²) in [7, 11) is 0. The smallest absolute Gasteiger partial charge is 0.374 e. The van der Waals surface area contributed by atoms with Gasteiger partial charge in [0.05, 0.1) is 12.2 Å². The Bertz CT molecular complexity index is 671. The van der Waals surface area contributed by atoms with Crippen molar-refractivity contribution in [3.63, 3.8) is 0 Å². The van der Waals surface area contributed by atoms with Crippen LogP contribution >= 0.6 is 0 Å². The van der Waals surface area contributed by atoms with Gasteiger partial charge in [0.1, 0.15) is 5.60 Å². The van der Waals surface area contributed by atoms with Crippen molar-refractivity contribution in [3.05, 3.63) is 41.2 Å². The molecule has 1 heterocycles. The molecule has 1 unspecified atom stereocenters. The van der Waals surface area contributed by atoms with Crippen molar-refractivity contribution in [2.45, 2.75) is 38.0 Å². The highest BCUT2D eigenvalue weighted by Gasteiger charge is 2.43. The normalized spacial score (nSPS) is 21.3. The maximum atomic E-state index is 12.1. The number of benzene rings is 1. The van der Waals surface area contributed by atoms with E-state index in [1.54, 1.807) is 12.1 Å². The molecule has 1 aromatic rings. The molecule has 1 aromatic carbocycles. The molecular formula is C17H19O5S-. The average Bonchev–Trinajstić information content (AvgIpc) is 3.23. The number of ether oxygens (including phenoxy) is 2. The molecule has 1 aliphatic carbocycles. The highest BCUT2D eigenvalue weighted by atomic mass is 32.2. The molecule has 0 N–H and O–H groups in total. The summed E-state index contributed by atoms with van der Waals surface area (Å²) in [4.78, 5) is 12.1. The number of hydrogen-bond acceptors (Lipinski definition) is 5. The monoisotopic (exact) mass is 335 g/mol. The molecule has 5 nitrogen and oxygen atoms in total. The van der Waals surface area contributed by atoms with Gasteiger partial charge in [-0.2, -0.15) is 0 Å². The molecule has 0 bridgehead atoms. The summed E-state index contributed by atoms with van der Waals surface area (Å²) in [6.07, 6.45) is 2.28. The van der Waals surface area contributed by atoms with Crippen LogP contribution in [0.5, 0.6) is 0 Å². The lowest BCUT2D eigenvalue weighted by atomic mass is 9.91. The molecule has 2 aliphatic rings. The van der Waals surface area contributed by atoms with Gasteiger partial charge in [0.15, 0.2) is 0 Å². The van der Waals surface area contributed by atoms with E-state index < -0.39 is 22.7 Å². The fourth-order valence-corrected chi connectivity index (χ4v) is 3.17. The van der Waals surface area contributed by atoms with E-state index in [4.69, 9.17) is 9.47 Å². The highest BCUT2D eigenvalue weighted by molar-refractivity contribution is 7.78. The number of carbonyl (C=O) groups is 1. The van der Waals surface area contributed by atoms with Crippen molar-refractivity contribution < 1.29 is 23.0 Å². The molecule has 3 rings (SSSR count). The van der Waals surface area contributed by atoms with Gasteiger partial charge < -0.3 is 14.0 Å². The summed E-state index contributed by atoms with van der Waals surface area (Å²) in [6, 6.07) is 7.11. The van der Waals surface area contributed by atoms with Crippen LogP contribution in [0.2, 0.25) is 0 Å². The molecule has 6 heteroatoms. The van der Waals surface area contributed by atoms with E-state index in [2.05, 4.69) is 0 Å². The Morgan fingerprint density at radius 3 is 2.52 bits per heavy atom. The Kier molecular flexibility index (Phi) is 4.29. The molecular weight excluding hydrogens is 316 g/mol. The average molecular weight is 335 g/mol. The van der Waals surface area contributed by atoms with Crippen LogP contribution < -0.4 is 0 Å². The van der Waals surface area contributed by atoms with Gasteiger partial charge in [-0.25, -0.2) is 4.79 Å². The summed E-state index contributed by atoms with van der Waals surface area (Å²) in [6.45, 7) is 4.19.